The molecule has 0 saturated heterocycles. The van der Waals surface area contributed by atoms with Crippen molar-refractivity contribution in [2.75, 3.05) is 18.5 Å². The number of hydrogen-bond acceptors (Lipinski definition) is 4. The van der Waals surface area contributed by atoms with Crippen molar-refractivity contribution in [1.82, 2.24) is 10.3 Å². The van der Waals surface area contributed by atoms with E-state index in [0.29, 0.717) is 5.70 Å². The maximum atomic E-state index is 13.3. The fraction of sp³-hybridized carbons (Fsp3) is 0.222. The zero-order valence-electron chi connectivity index (χ0n) is 14.4. The summed E-state index contributed by atoms with van der Waals surface area (Å²) in [6.45, 7) is 3.53. The minimum absolute atomic E-state index is 0.0567. The number of alkyl halides is 3. The lowest BCUT2D eigenvalue weighted by Crippen LogP contribution is -2.30. The van der Waals surface area contributed by atoms with E-state index in [1.807, 2.05) is 0 Å². The van der Waals surface area contributed by atoms with E-state index in [9.17, 15) is 22.4 Å². The van der Waals surface area contributed by atoms with E-state index in [1.54, 1.807) is 0 Å². The summed E-state index contributed by atoms with van der Waals surface area (Å²) in [5, 5.41) is 5.20. The summed E-state index contributed by atoms with van der Waals surface area (Å²) in [6.07, 6.45) is -2.27. The number of carbonyl (C=O) groups is 1. The van der Waals surface area contributed by atoms with Gasteiger partial charge in [0.05, 0.1) is 22.5 Å². The number of amides is 1. The Bertz CT molecular complexity index is 859. The van der Waals surface area contributed by atoms with Crippen LogP contribution in [0.5, 0.6) is 5.75 Å². The molecule has 10 heteroatoms. The lowest BCUT2D eigenvalue weighted by Gasteiger charge is -2.12. The van der Waals surface area contributed by atoms with E-state index in [1.165, 1.54) is 18.3 Å². The van der Waals surface area contributed by atoms with E-state index in [4.69, 9.17) is 16.3 Å². The number of ether oxygens (including phenoxy) is 1. The Balaban J connectivity index is 1.73. The van der Waals surface area contributed by atoms with E-state index in [-0.39, 0.29) is 36.0 Å². The highest BCUT2D eigenvalue weighted by Gasteiger charge is 2.31. The van der Waals surface area contributed by atoms with Crippen LogP contribution in [0.2, 0.25) is 5.02 Å². The van der Waals surface area contributed by atoms with Crippen LogP contribution in [0.25, 0.3) is 0 Å². The second-order valence-electron chi connectivity index (χ2n) is 5.65. The van der Waals surface area contributed by atoms with Crippen molar-refractivity contribution >= 4 is 23.2 Å². The molecule has 150 valence electrons. The monoisotopic (exact) mass is 417 g/mol. The largest absolute Gasteiger partial charge is 0.484 e. The maximum absolute atomic E-state index is 13.3. The molecule has 2 rings (SSSR count). The maximum Gasteiger partial charge on any atom is 0.417 e. The third-order valence-corrected chi connectivity index (χ3v) is 3.70. The topological polar surface area (TPSA) is 63.2 Å². The Morgan fingerprint density at radius 2 is 2.00 bits per heavy atom. The van der Waals surface area contributed by atoms with Crippen molar-refractivity contribution in [3.8, 4) is 5.75 Å². The molecule has 1 heterocycles. The predicted octanol–water partition coefficient (Wildman–Crippen LogP) is 4.40. The Kier molecular flexibility index (Phi) is 7.22. The number of hydrogen-bond donors (Lipinski definition) is 2. The van der Waals surface area contributed by atoms with Gasteiger partial charge in [-0.05, 0) is 18.2 Å². The first-order chi connectivity index (χ1) is 13.1. The molecule has 0 unspecified atom stereocenters. The number of aromatic nitrogens is 1. The molecular weight excluding hydrogens is 402 g/mol. The lowest BCUT2D eigenvalue weighted by molar-refractivity contribution is -0.137. The van der Waals surface area contributed by atoms with Gasteiger partial charge < -0.3 is 15.4 Å². The van der Waals surface area contributed by atoms with Crippen LogP contribution in [0, 0.1) is 5.82 Å². The zero-order valence-corrected chi connectivity index (χ0v) is 15.2. The average Bonchev–Trinajstić information content (AvgIpc) is 2.62. The Hall–Kier alpha value is -2.81. The van der Waals surface area contributed by atoms with Gasteiger partial charge >= 0.3 is 6.18 Å². The summed E-state index contributed by atoms with van der Waals surface area (Å²) in [6, 6.07) is 4.70. The number of benzene rings is 1. The minimum Gasteiger partial charge on any atom is -0.484 e. The van der Waals surface area contributed by atoms with Crippen LogP contribution in [-0.4, -0.2) is 24.0 Å². The number of anilines is 1. The molecule has 1 aromatic heterocycles. The van der Waals surface area contributed by atoms with Gasteiger partial charge in [0, 0.05) is 30.9 Å². The van der Waals surface area contributed by atoms with Crippen molar-refractivity contribution < 1.29 is 27.1 Å². The second kappa shape index (κ2) is 9.41. The molecule has 0 atom stereocenters. The van der Waals surface area contributed by atoms with Gasteiger partial charge in [0.2, 0.25) is 0 Å². The number of rotatable bonds is 8. The smallest absolute Gasteiger partial charge is 0.417 e. The van der Waals surface area contributed by atoms with Gasteiger partial charge in [0.1, 0.15) is 11.6 Å². The SMILES string of the molecule is C=C(CCNC(=O)COc1ccc(Cl)c(F)c1)Nc1cncc(C(F)(F)F)c1. The molecule has 0 aliphatic carbocycles. The number of nitrogens with zero attached hydrogens (tertiary/aromatic N) is 1. The first-order valence-corrected chi connectivity index (χ1v) is 8.34. The van der Waals surface area contributed by atoms with Gasteiger partial charge in [-0.15, -0.1) is 0 Å². The van der Waals surface area contributed by atoms with Gasteiger partial charge in [-0.3, -0.25) is 9.78 Å². The second-order valence-corrected chi connectivity index (χ2v) is 6.06. The molecule has 28 heavy (non-hydrogen) atoms. The van der Waals surface area contributed by atoms with Crippen LogP contribution >= 0.6 is 11.6 Å². The molecule has 0 bridgehead atoms. The van der Waals surface area contributed by atoms with Crippen LogP contribution in [-0.2, 0) is 11.0 Å². The molecule has 2 N–H and O–H groups in total. The van der Waals surface area contributed by atoms with Crippen LogP contribution in [0.1, 0.15) is 12.0 Å². The quantitative estimate of drug-likeness (QED) is 0.625. The molecule has 5 nitrogen and oxygen atoms in total. The first-order valence-electron chi connectivity index (χ1n) is 7.97. The third-order valence-electron chi connectivity index (χ3n) is 3.40. The zero-order chi connectivity index (χ0) is 20.7. The molecule has 1 amide bonds. The average molecular weight is 418 g/mol. The normalized spacial score (nSPS) is 11.0. The van der Waals surface area contributed by atoms with Crippen LogP contribution in [0.15, 0.2) is 48.9 Å². The number of carbonyl (C=O) groups excluding carboxylic acids is 1. The summed E-state index contributed by atoms with van der Waals surface area (Å²) in [4.78, 5) is 15.3. The third kappa shape index (κ3) is 6.73. The van der Waals surface area contributed by atoms with Crippen LogP contribution < -0.4 is 15.4 Å². The minimum atomic E-state index is -4.49. The molecule has 0 aliphatic heterocycles. The van der Waals surface area contributed by atoms with Crippen molar-refractivity contribution in [2.24, 2.45) is 0 Å². The lowest BCUT2D eigenvalue weighted by atomic mass is 10.2. The van der Waals surface area contributed by atoms with E-state index < -0.39 is 23.5 Å². The fourth-order valence-electron chi connectivity index (χ4n) is 2.05. The highest BCUT2D eigenvalue weighted by Crippen LogP contribution is 2.30. The summed E-state index contributed by atoms with van der Waals surface area (Å²) < 4.78 is 56.4. The van der Waals surface area contributed by atoms with E-state index in [0.717, 1.165) is 18.3 Å². The fourth-order valence-corrected chi connectivity index (χ4v) is 2.17. The predicted molar refractivity (Wildman–Crippen MR) is 96.5 cm³/mol. The Labute approximate surface area is 163 Å². The molecule has 0 fully saturated rings. The molecule has 1 aromatic carbocycles. The van der Waals surface area contributed by atoms with Crippen molar-refractivity contribution in [3.05, 3.63) is 65.3 Å². The highest BCUT2D eigenvalue weighted by atomic mass is 35.5. The van der Waals surface area contributed by atoms with E-state index >= 15 is 0 Å². The van der Waals surface area contributed by atoms with Gasteiger partial charge in [-0.1, -0.05) is 18.2 Å². The Morgan fingerprint density at radius 3 is 2.68 bits per heavy atom. The van der Waals surface area contributed by atoms with Crippen molar-refractivity contribution in [3.63, 3.8) is 0 Å². The highest BCUT2D eigenvalue weighted by molar-refractivity contribution is 6.30. The van der Waals surface area contributed by atoms with Gasteiger partial charge in [0.25, 0.3) is 5.91 Å². The van der Waals surface area contributed by atoms with Crippen molar-refractivity contribution in [2.45, 2.75) is 12.6 Å². The summed E-state index contributed by atoms with van der Waals surface area (Å²) in [5.74, 6) is -0.963. The molecule has 0 saturated carbocycles. The molecular formula is C18H16ClF4N3O2. The summed E-state index contributed by atoms with van der Waals surface area (Å²) in [5.41, 5.74) is -0.351. The van der Waals surface area contributed by atoms with Crippen LogP contribution in [0.4, 0.5) is 23.2 Å². The Morgan fingerprint density at radius 1 is 1.25 bits per heavy atom. The molecule has 0 aliphatic rings. The van der Waals surface area contributed by atoms with E-state index in [2.05, 4.69) is 22.2 Å². The standard InChI is InChI=1S/C18H16ClF4N3O2/c1-11(26-13-6-12(8-24-9-13)18(21,22)23)4-5-25-17(27)10-28-14-2-3-15(19)16(20)7-14/h2-3,6-9,26H,1,4-5,10H2,(H,25,27). The number of halogens is 5. The van der Waals surface area contributed by atoms with Crippen LogP contribution in [0.3, 0.4) is 0 Å². The molecule has 0 radical (unpaired) electrons. The number of nitrogens with one attached hydrogen (secondary N) is 2. The first kappa shape index (κ1) is 21.5. The summed E-state index contributed by atoms with van der Waals surface area (Å²) in [7, 11) is 0. The molecule has 0 spiro atoms. The van der Waals surface area contributed by atoms with Crippen molar-refractivity contribution in [1.29, 1.82) is 0 Å². The molecule has 2 aromatic rings. The number of pyridine rings is 1. The van der Waals surface area contributed by atoms with Gasteiger partial charge in [0.15, 0.2) is 6.61 Å². The van der Waals surface area contributed by atoms with Gasteiger partial charge in [-0.25, -0.2) is 4.39 Å². The summed E-state index contributed by atoms with van der Waals surface area (Å²) >= 11 is 5.55. The van der Waals surface area contributed by atoms with Gasteiger partial charge in [-0.2, -0.15) is 13.2 Å².